The summed E-state index contributed by atoms with van der Waals surface area (Å²) in [5.74, 6) is 0.941. The third kappa shape index (κ3) is 6.18. The predicted octanol–water partition coefficient (Wildman–Crippen LogP) is 6.92. The molecule has 0 saturated carbocycles. The summed E-state index contributed by atoms with van der Waals surface area (Å²) in [6.45, 7) is 3.82. The molecule has 0 aliphatic carbocycles. The van der Waals surface area contributed by atoms with E-state index in [-0.39, 0.29) is 0 Å². The molecule has 0 amide bonds. The van der Waals surface area contributed by atoms with E-state index in [9.17, 15) is 0 Å². The Morgan fingerprint density at radius 1 is 0.741 bits per heavy atom. The van der Waals surface area contributed by atoms with E-state index in [1.54, 1.807) is 0 Å². The number of hydrogen-bond donors (Lipinski definition) is 1. The van der Waals surface area contributed by atoms with Gasteiger partial charge in [-0.1, -0.05) is 86.8 Å². The maximum Gasteiger partial charge on any atom is 0.121 e. The third-order valence-corrected chi connectivity index (χ3v) is 4.66. The topological polar surface area (TPSA) is 21.3 Å². The zero-order chi connectivity index (χ0) is 18.7. The normalized spacial score (nSPS) is 10.6. The van der Waals surface area contributed by atoms with Crippen LogP contribution in [-0.4, -0.2) is 6.61 Å². The number of nitrogens with one attached hydrogen (secondary N) is 1. The van der Waals surface area contributed by atoms with E-state index in [4.69, 9.17) is 4.74 Å². The van der Waals surface area contributed by atoms with E-state index in [1.807, 2.05) is 18.2 Å². The second kappa shape index (κ2) is 10.4. The number of unbranched alkanes of at least 4 members (excludes halogenated alkanes) is 3. The van der Waals surface area contributed by atoms with E-state index in [0.29, 0.717) is 0 Å². The van der Waals surface area contributed by atoms with Crippen LogP contribution in [0.5, 0.6) is 5.75 Å². The van der Waals surface area contributed by atoms with Gasteiger partial charge < -0.3 is 10.1 Å². The second-order valence-corrected chi connectivity index (χ2v) is 6.85. The van der Waals surface area contributed by atoms with Crippen LogP contribution in [0.3, 0.4) is 0 Å². The maximum absolute atomic E-state index is 5.87. The summed E-state index contributed by atoms with van der Waals surface area (Å²) in [7, 11) is 0. The second-order valence-electron chi connectivity index (χ2n) is 6.85. The van der Waals surface area contributed by atoms with E-state index >= 15 is 0 Å². The molecule has 0 heterocycles. The van der Waals surface area contributed by atoms with Crippen LogP contribution in [-0.2, 0) is 6.54 Å². The van der Waals surface area contributed by atoms with E-state index in [1.165, 1.54) is 36.0 Å². The van der Waals surface area contributed by atoms with Crippen molar-refractivity contribution in [1.82, 2.24) is 0 Å². The molecule has 0 radical (unpaired) electrons. The minimum atomic E-state index is 0.796. The van der Waals surface area contributed by atoms with Gasteiger partial charge in [-0.3, -0.25) is 0 Å². The van der Waals surface area contributed by atoms with Gasteiger partial charge in [0.1, 0.15) is 5.75 Å². The fourth-order valence-corrected chi connectivity index (χ4v) is 3.06. The lowest BCUT2D eigenvalue weighted by atomic mass is 10.0. The smallest absolute Gasteiger partial charge is 0.121 e. The molecule has 3 rings (SSSR count). The summed E-state index contributed by atoms with van der Waals surface area (Å²) < 4.78 is 5.87. The highest BCUT2D eigenvalue weighted by atomic mass is 16.5. The van der Waals surface area contributed by atoms with Crippen LogP contribution in [0.2, 0.25) is 0 Å². The Kier molecular flexibility index (Phi) is 7.34. The molecule has 0 saturated heterocycles. The van der Waals surface area contributed by atoms with Gasteiger partial charge in [-0.05, 0) is 35.2 Å². The molecule has 1 N–H and O–H groups in total. The largest absolute Gasteiger partial charge is 0.494 e. The highest BCUT2D eigenvalue weighted by Crippen LogP contribution is 2.21. The van der Waals surface area contributed by atoms with Crippen LogP contribution < -0.4 is 10.1 Å². The van der Waals surface area contributed by atoms with Gasteiger partial charge in [-0.25, -0.2) is 0 Å². The SMILES string of the molecule is CCCCCCOc1cccc(NCc2ccc(-c3ccccc3)cc2)c1. The summed E-state index contributed by atoms with van der Waals surface area (Å²) in [6, 6.07) is 27.4. The average molecular weight is 360 g/mol. The maximum atomic E-state index is 5.87. The van der Waals surface area contributed by atoms with Crippen molar-refractivity contribution in [3.05, 3.63) is 84.4 Å². The van der Waals surface area contributed by atoms with Crippen molar-refractivity contribution in [2.24, 2.45) is 0 Å². The average Bonchev–Trinajstić information content (AvgIpc) is 2.73. The first-order chi connectivity index (χ1) is 13.3. The molecule has 0 aromatic heterocycles. The first-order valence-electron chi connectivity index (χ1n) is 9.96. The lowest BCUT2D eigenvalue weighted by Gasteiger charge is -2.10. The van der Waals surface area contributed by atoms with Gasteiger partial charge in [0.15, 0.2) is 0 Å². The molecule has 0 aliphatic rings. The van der Waals surface area contributed by atoms with Gasteiger partial charge in [0.25, 0.3) is 0 Å². The highest BCUT2D eigenvalue weighted by Gasteiger charge is 2.00. The summed E-state index contributed by atoms with van der Waals surface area (Å²) in [5.41, 5.74) is 4.85. The lowest BCUT2D eigenvalue weighted by Crippen LogP contribution is -2.01. The first kappa shape index (κ1) is 19.0. The summed E-state index contributed by atoms with van der Waals surface area (Å²) >= 11 is 0. The molecule has 3 aromatic carbocycles. The molecule has 140 valence electrons. The minimum absolute atomic E-state index is 0.796. The Balaban J connectivity index is 1.50. The molecule has 3 aromatic rings. The molecule has 0 unspecified atom stereocenters. The summed E-state index contributed by atoms with van der Waals surface area (Å²) in [6.07, 6.45) is 4.91. The zero-order valence-corrected chi connectivity index (χ0v) is 16.2. The van der Waals surface area contributed by atoms with Crippen molar-refractivity contribution >= 4 is 5.69 Å². The van der Waals surface area contributed by atoms with Crippen LogP contribution in [0, 0.1) is 0 Å². The van der Waals surface area contributed by atoms with Crippen molar-refractivity contribution in [2.75, 3.05) is 11.9 Å². The Morgan fingerprint density at radius 3 is 2.30 bits per heavy atom. The highest BCUT2D eigenvalue weighted by molar-refractivity contribution is 5.63. The Hall–Kier alpha value is -2.74. The molecule has 0 bridgehead atoms. The van der Waals surface area contributed by atoms with Crippen molar-refractivity contribution in [3.8, 4) is 16.9 Å². The number of anilines is 1. The number of benzene rings is 3. The van der Waals surface area contributed by atoms with Crippen LogP contribution >= 0.6 is 0 Å². The van der Waals surface area contributed by atoms with Crippen LogP contribution in [0.4, 0.5) is 5.69 Å². The molecule has 2 nitrogen and oxygen atoms in total. The van der Waals surface area contributed by atoms with E-state index < -0.39 is 0 Å². The van der Waals surface area contributed by atoms with Gasteiger partial charge in [0, 0.05) is 18.3 Å². The minimum Gasteiger partial charge on any atom is -0.494 e. The predicted molar refractivity (Wildman–Crippen MR) is 115 cm³/mol. The van der Waals surface area contributed by atoms with Crippen molar-refractivity contribution in [2.45, 2.75) is 39.2 Å². The van der Waals surface area contributed by atoms with Crippen molar-refractivity contribution < 1.29 is 4.74 Å². The summed E-state index contributed by atoms with van der Waals surface area (Å²) in [4.78, 5) is 0. The van der Waals surface area contributed by atoms with Crippen molar-refractivity contribution in [1.29, 1.82) is 0 Å². The molecule has 2 heteroatoms. The molecular weight excluding hydrogens is 330 g/mol. The zero-order valence-electron chi connectivity index (χ0n) is 16.2. The number of rotatable bonds is 10. The quantitative estimate of drug-likeness (QED) is 0.396. The lowest BCUT2D eigenvalue weighted by molar-refractivity contribution is 0.305. The first-order valence-corrected chi connectivity index (χ1v) is 9.96. The van der Waals surface area contributed by atoms with Crippen molar-refractivity contribution in [3.63, 3.8) is 0 Å². The van der Waals surface area contributed by atoms with Crippen LogP contribution in [0.25, 0.3) is 11.1 Å². The van der Waals surface area contributed by atoms with Gasteiger partial charge in [-0.15, -0.1) is 0 Å². The standard InChI is InChI=1S/C25H29NO/c1-2-3-4-8-18-27-25-13-9-12-24(19-25)26-20-21-14-16-23(17-15-21)22-10-6-5-7-11-22/h5-7,9-17,19,26H,2-4,8,18,20H2,1H3. The Bertz CT molecular complexity index is 796. The monoisotopic (exact) mass is 359 g/mol. The molecule has 0 spiro atoms. The fraction of sp³-hybridized carbons (Fsp3) is 0.280. The van der Waals surface area contributed by atoms with E-state index in [0.717, 1.165) is 31.0 Å². The molecular formula is C25H29NO. The van der Waals surface area contributed by atoms with Gasteiger partial charge in [0.05, 0.1) is 6.61 Å². The Morgan fingerprint density at radius 2 is 1.52 bits per heavy atom. The fourth-order valence-electron chi connectivity index (χ4n) is 3.06. The van der Waals surface area contributed by atoms with Gasteiger partial charge >= 0.3 is 0 Å². The van der Waals surface area contributed by atoms with Gasteiger partial charge in [0.2, 0.25) is 0 Å². The Labute approximate surface area is 163 Å². The third-order valence-electron chi connectivity index (χ3n) is 4.66. The van der Waals surface area contributed by atoms with Crippen LogP contribution in [0.15, 0.2) is 78.9 Å². The molecule has 0 aliphatic heterocycles. The van der Waals surface area contributed by atoms with E-state index in [2.05, 4.69) is 72.9 Å². The molecule has 0 atom stereocenters. The number of hydrogen-bond acceptors (Lipinski definition) is 2. The molecule has 0 fully saturated rings. The summed E-state index contributed by atoms with van der Waals surface area (Å²) in [5, 5.41) is 3.49. The number of ether oxygens (including phenoxy) is 1. The molecule has 27 heavy (non-hydrogen) atoms. The van der Waals surface area contributed by atoms with Gasteiger partial charge in [-0.2, -0.15) is 0 Å². The van der Waals surface area contributed by atoms with Crippen LogP contribution in [0.1, 0.15) is 38.2 Å².